The molecular formula is C16H19N3O2. The molecule has 1 saturated carbocycles. The second kappa shape index (κ2) is 4.84. The van der Waals surface area contributed by atoms with E-state index in [2.05, 4.69) is 16.0 Å². The third-order valence-corrected chi connectivity index (χ3v) is 4.94. The van der Waals surface area contributed by atoms with Crippen molar-refractivity contribution in [3.05, 3.63) is 29.8 Å². The Balaban J connectivity index is 1.64. The van der Waals surface area contributed by atoms with E-state index < -0.39 is 12.0 Å². The summed E-state index contributed by atoms with van der Waals surface area (Å²) in [6.45, 7) is 0. The van der Waals surface area contributed by atoms with Gasteiger partial charge in [-0.2, -0.15) is 0 Å². The fourth-order valence-corrected chi connectivity index (χ4v) is 3.89. The van der Waals surface area contributed by atoms with Gasteiger partial charge in [0.05, 0.1) is 5.92 Å². The highest BCUT2D eigenvalue weighted by Crippen LogP contribution is 2.36. The molecule has 110 valence electrons. The van der Waals surface area contributed by atoms with Crippen LogP contribution in [0.1, 0.15) is 37.2 Å². The normalized spacial score (nSPS) is 34.7. The van der Waals surface area contributed by atoms with Crippen molar-refractivity contribution in [1.29, 1.82) is 0 Å². The average Bonchev–Trinajstić information content (AvgIpc) is 2.82. The first kappa shape index (κ1) is 12.8. The molecule has 3 N–H and O–H groups in total. The van der Waals surface area contributed by atoms with Crippen LogP contribution in [0.5, 0.6) is 0 Å². The van der Waals surface area contributed by atoms with Crippen LogP contribution in [0.4, 0.5) is 5.69 Å². The quantitative estimate of drug-likeness (QED) is 0.724. The van der Waals surface area contributed by atoms with Gasteiger partial charge in [-0.15, -0.1) is 0 Å². The SMILES string of the molecule is O=C1NC2CCCCC2NC1C1C(=O)Nc2ccccc21. The first-order valence-electron chi connectivity index (χ1n) is 7.70. The Labute approximate surface area is 123 Å². The summed E-state index contributed by atoms with van der Waals surface area (Å²) in [7, 11) is 0. The predicted molar refractivity (Wildman–Crippen MR) is 78.9 cm³/mol. The van der Waals surface area contributed by atoms with E-state index in [1.807, 2.05) is 24.3 Å². The monoisotopic (exact) mass is 285 g/mol. The lowest BCUT2D eigenvalue weighted by molar-refractivity contribution is -0.130. The van der Waals surface area contributed by atoms with Crippen LogP contribution in [0, 0.1) is 0 Å². The van der Waals surface area contributed by atoms with Crippen LogP contribution in [0.25, 0.3) is 0 Å². The number of anilines is 1. The summed E-state index contributed by atoms with van der Waals surface area (Å²) in [6, 6.07) is 7.68. The average molecular weight is 285 g/mol. The number of benzene rings is 1. The van der Waals surface area contributed by atoms with Gasteiger partial charge in [-0.25, -0.2) is 0 Å². The number of para-hydroxylation sites is 1. The van der Waals surface area contributed by atoms with Crippen molar-refractivity contribution in [2.24, 2.45) is 0 Å². The van der Waals surface area contributed by atoms with Crippen molar-refractivity contribution >= 4 is 17.5 Å². The molecule has 1 aromatic rings. The Kier molecular flexibility index (Phi) is 2.96. The molecule has 2 amide bonds. The zero-order valence-corrected chi connectivity index (χ0v) is 11.8. The number of rotatable bonds is 1. The van der Waals surface area contributed by atoms with E-state index in [4.69, 9.17) is 0 Å². The zero-order valence-electron chi connectivity index (χ0n) is 11.8. The Bertz CT molecular complexity index is 601. The standard InChI is InChI=1S/C16H19N3O2/c20-15-13(9-5-1-2-6-10(9)18-15)14-16(21)19-12-8-4-3-7-11(12)17-14/h1-2,5-6,11-14,17H,3-4,7-8H2,(H,18,20)(H,19,21). The van der Waals surface area contributed by atoms with Gasteiger partial charge in [0.25, 0.3) is 0 Å². The molecule has 21 heavy (non-hydrogen) atoms. The van der Waals surface area contributed by atoms with Gasteiger partial charge in [-0.1, -0.05) is 31.0 Å². The number of hydrogen-bond donors (Lipinski definition) is 3. The van der Waals surface area contributed by atoms with E-state index in [1.165, 1.54) is 12.8 Å². The van der Waals surface area contributed by atoms with E-state index in [1.54, 1.807) is 0 Å². The number of carbonyl (C=O) groups is 2. The minimum atomic E-state index is -0.465. The summed E-state index contributed by atoms with van der Waals surface area (Å²) in [5.74, 6) is -0.558. The van der Waals surface area contributed by atoms with Gasteiger partial charge in [-0.3, -0.25) is 9.59 Å². The molecule has 1 aromatic carbocycles. The van der Waals surface area contributed by atoms with Gasteiger partial charge in [-0.05, 0) is 24.5 Å². The van der Waals surface area contributed by atoms with E-state index in [0.717, 1.165) is 24.1 Å². The highest BCUT2D eigenvalue weighted by atomic mass is 16.2. The molecule has 5 heteroatoms. The number of hydrogen-bond acceptors (Lipinski definition) is 3. The Hall–Kier alpha value is -1.88. The van der Waals surface area contributed by atoms with Gasteiger partial charge in [0.2, 0.25) is 11.8 Å². The molecule has 4 rings (SSSR count). The second-order valence-electron chi connectivity index (χ2n) is 6.20. The molecule has 3 aliphatic rings. The first-order valence-corrected chi connectivity index (χ1v) is 7.70. The van der Waals surface area contributed by atoms with Crippen LogP contribution in [0.15, 0.2) is 24.3 Å². The number of carbonyl (C=O) groups excluding carboxylic acids is 2. The van der Waals surface area contributed by atoms with E-state index in [0.29, 0.717) is 6.04 Å². The van der Waals surface area contributed by atoms with Crippen molar-refractivity contribution in [1.82, 2.24) is 10.6 Å². The summed E-state index contributed by atoms with van der Waals surface area (Å²) in [4.78, 5) is 24.7. The van der Waals surface area contributed by atoms with E-state index >= 15 is 0 Å². The number of fused-ring (bicyclic) bond motifs is 2. The lowest BCUT2D eigenvalue weighted by atomic mass is 9.83. The van der Waals surface area contributed by atoms with Crippen molar-refractivity contribution in [2.75, 3.05) is 5.32 Å². The number of nitrogens with one attached hydrogen (secondary N) is 3. The molecule has 2 fully saturated rings. The summed E-state index contributed by atoms with van der Waals surface area (Å²) >= 11 is 0. The van der Waals surface area contributed by atoms with Gasteiger partial charge < -0.3 is 16.0 Å². The fraction of sp³-hybridized carbons (Fsp3) is 0.500. The van der Waals surface area contributed by atoms with Gasteiger partial charge in [0.15, 0.2) is 0 Å². The summed E-state index contributed by atoms with van der Waals surface area (Å²) in [5, 5.41) is 9.44. The molecule has 4 atom stereocenters. The smallest absolute Gasteiger partial charge is 0.238 e. The molecule has 2 aliphatic heterocycles. The molecule has 0 aromatic heterocycles. The highest BCUT2D eigenvalue weighted by Gasteiger charge is 2.45. The summed E-state index contributed by atoms with van der Waals surface area (Å²) < 4.78 is 0. The molecule has 0 bridgehead atoms. The number of piperazine rings is 1. The van der Waals surface area contributed by atoms with Crippen molar-refractivity contribution < 1.29 is 9.59 Å². The van der Waals surface area contributed by atoms with Crippen molar-refractivity contribution in [3.63, 3.8) is 0 Å². The van der Waals surface area contributed by atoms with Gasteiger partial charge >= 0.3 is 0 Å². The maximum atomic E-state index is 12.4. The van der Waals surface area contributed by atoms with Crippen LogP contribution in [-0.4, -0.2) is 29.9 Å². The lowest BCUT2D eigenvalue weighted by Gasteiger charge is -2.41. The Morgan fingerprint density at radius 3 is 2.57 bits per heavy atom. The van der Waals surface area contributed by atoms with Crippen LogP contribution >= 0.6 is 0 Å². The first-order chi connectivity index (χ1) is 10.2. The molecule has 0 radical (unpaired) electrons. The predicted octanol–water partition coefficient (Wildman–Crippen LogP) is 1.12. The third kappa shape index (κ3) is 2.03. The second-order valence-corrected chi connectivity index (χ2v) is 6.20. The van der Waals surface area contributed by atoms with Crippen LogP contribution in [0.2, 0.25) is 0 Å². The van der Waals surface area contributed by atoms with E-state index in [-0.39, 0.29) is 17.9 Å². The Morgan fingerprint density at radius 1 is 0.952 bits per heavy atom. The number of amides is 2. The minimum Gasteiger partial charge on any atom is -0.350 e. The Morgan fingerprint density at radius 2 is 1.71 bits per heavy atom. The van der Waals surface area contributed by atoms with Gasteiger partial charge in [0.1, 0.15) is 6.04 Å². The fourth-order valence-electron chi connectivity index (χ4n) is 3.89. The molecular weight excluding hydrogens is 266 g/mol. The third-order valence-electron chi connectivity index (χ3n) is 4.94. The lowest BCUT2D eigenvalue weighted by Crippen LogP contribution is -2.66. The molecule has 4 unspecified atom stereocenters. The van der Waals surface area contributed by atoms with Gasteiger partial charge in [0, 0.05) is 17.8 Å². The van der Waals surface area contributed by atoms with E-state index in [9.17, 15) is 9.59 Å². The highest BCUT2D eigenvalue weighted by molar-refractivity contribution is 6.06. The van der Waals surface area contributed by atoms with Crippen molar-refractivity contribution in [2.45, 2.75) is 49.7 Å². The van der Waals surface area contributed by atoms with Crippen LogP contribution in [0.3, 0.4) is 0 Å². The largest absolute Gasteiger partial charge is 0.350 e. The molecule has 1 aliphatic carbocycles. The topological polar surface area (TPSA) is 70.2 Å². The molecule has 1 saturated heterocycles. The molecule has 5 nitrogen and oxygen atoms in total. The van der Waals surface area contributed by atoms with Crippen LogP contribution < -0.4 is 16.0 Å². The minimum absolute atomic E-state index is 0.0463. The molecule has 0 spiro atoms. The summed E-state index contributed by atoms with van der Waals surface area (Å²) in [5.41, 5.74) is 1.75. The maximum absolute atomic E-state index is 12.4. The summed E-state index contributed by atoms with van der Waals surface area (Å²) in [6.07, 6.45) is 4.45. The van der Waals surface area contributed by atoms with Crippen LogP contribution in [-0.2, 0) is 9.59 Å². The maximum Gasteiger partial charge on any atom is 0.238 e. The molecule has 2 heterocycles. The zero-order chi connectivity index (χ0) is 14.4. The van der Waals surface area contributed by atoms with Crippen molar-refractivity contribution in [3.8, 4) is 0 Å².